The summed E-state index contributed by atoms with van der Waals surface area (Å²) < 4.78 is 0. The van der Waals surface area contributed by atoms with Crippen LogP contribution in [0.15, 0.2) is 12.4 Å². The fraction of sp³-hybridized carbons (Fsp3) is 0.946. The molecule has 0 aromatic carbocycles. The van der Waals surface area contributed by atoms with Crippen LogP contribution in [0.3, 0.4) is 0 Å². The summed E-state index contributed by atoms with van der Waals surface area (Å²) in [5.74, 6) is 0. The van der Waals surface area contributed by atoms with Gasteiger partial charge in [-0.05, 0) is 25.7 Å². The van der Waals surface area contributed by atoms with Crippen LogP contribution in [0, 0.1) is 0 Å². The Hall–Kier alpha value is -0.660. The van der Waals surface area contributed by atoms with E-state index >= 15 is 0 Å². The van der Waals surface area contributed by atoms with Crippen LogP contribution < -0.4 is 0 Å². The molecule has 1 unspecified atom stereocenters. The minimum Gasteiger partial charge on any atom is -0.356 e. The molecule has 1 rings (SSSR count). The lowest BCUT2D eigenvalue weighted by molar-refractivity contribution is 0.135. The topological polar surface area (TPSA) is 6.48 Å². The van der Waals surface area contributed by atoms with E-state index in [4.69, 9.17) is 0 Å². The molecule has 0 spiro atoms. The first-order chi connectivity index (χ1) is 19.3. The Morgan fingerprint density at radius 2 is 0.590 bits per heavy atom. The van der Waals surface area contributed by atoms with Gasteiger partial charge < -0.3 is 9.80 Å². The maximum Gasteiger partial charge on any atom is 0.101 e. The van der Waals surface area contributed by atoms with Gasteiger partial charge in [0.05, 0.1) is 0 Å². The van der Waals surface area contributed by atoms with E-state index in [1.54, 1.807) is 0 Å². The van der Waals surface area contributed by atoms with Gasteiger partial charge in [0.1, 0.15) is 6.17 Å². The third-order valence-electron chi connectivity index (χ3n) is 9.07. The van der Waals surface area contributed by atoms with Crippen LogP contribution in [0.1, 0.15) is 207 Å². The van der Waals surface area contributed by atoms with Gasteiger partial charge in [0, 0.05) is 25.5 Å². The molecule has 2 heteroatoms. The van der Waals surface area contributed by atoms with Crippen LogP contribution in [0.25, 0.3) is 0 Å². The second-order valence-electron chi connectivity index (χ2n) is 12.9. The van der Waals surface area contributed by atoms with Gasteiger partial charge in [-0.2, -0.15) is 0 Å². The summed E-state index contributed by atoms with van der Waals surface area (Å²) >= 11 is 0. The Morgan fingerprint density at radius 3 is 0.897 bits per heavy atom. The molecule has 1 atom stereocenters. The average Bonchev–Trinajstić information content (AvgIpc) is 3.33. The van der Waals surface area contributed by atoms with Crippen molar-refractivity contribution in [1.29, 1.82) is 0 Å². The van der Waals surface area contributed by atoms with Crippen LogP contribution in [-0.4, -0.2) is 29.1 Å². The smallest absolute Gasteiger partial charge is 0.101 e. The highest BCUT2D eigenvalue weighted by Crippen LogP contribution is 2.24. The Bertz CT molecular complexity index is 502. The molecule has 39 heavy (non-hydrogen) atoms. The average molecular weight is 547 g/mol. The fourth-order valence-corrected chi connectivity index (χ4v) is 6.36. The van der Waals surface area contributed by atoms with E-state index in [-0.39, 0.29) is 0 Å². The van der Waals surface area contributed by atoms with Crippen molar-refractivity contribution in [2.45, 2.75) is 213 Å². The van der Waals surface area contributed by atoms with Crippen molar-refractivity contribution >= 4 is 0 Å². The first-order valence-corrected chi connectivity index (χ1v) is 18.5. The highest BCUT2D eigenvalue weighted by molar-refractivity contribution is 4.97. The van der Waals surface area contributed by atoms with Crippen LogP contribution in [0.4, 0.5) is 0 Å². The number of nitrogens with zero attached hydrogens (tertiary/aromatic N) is 2. The van der Waals surface area contributed by atoms with Crippen molar-refractivity contribution in [2.24, 2.45) is 0 Å². The van der Waals surface area contributed by atoms with Gasteiger partial charge in [-0.25, -0.2) is 0 Å². The quantitative estimate of drug-likeness (QED) is 0.0798. The van der Waals surface area contributed by atoms with Gasteiger partial charge in [0.2, 0.25) is 0 Å². The van der Waals surface area contributed by atoms with E-state index in [0.717, 1.165) is 0 Å². The van der Waals surface area contributed by atoms with E-state index < -0.39 is 0 Å². The molecule has 0 saturated heterocycles. The maximum absolute atomic E-state index is 2.71. The molecule has 1 aliphatic rings. The summed E-state index contributed by atoms with van der Waals surface area (Å²) in [5.41, 5.74) is 0. The zero-order valence-corrected chi connectivity index (χ0v) is 27.5. The number of unbranched alkanes of at least 4 members (excludes halogenated alkanes) is 25. The second kappa shape index (κ2) is 28.9. The third-order valence-corrected chi connectivity index (χ3v) is 9.07. The molecule has 0 N–H and O–H groups in total. The van der Waals surface area contributed by atoms with Gasteiger partial charge >= 0.3 is 0 Å². The Labute approximate surface area is 248 Å². The second-order valence-corrected chi connectivity index (χ2v) is 12.9. The predicted molar refractivity (Wildman–Crippen MR) is 177 cm³/mol. The van der Waals surface area contributed by atoms with E-state index in [9.17, 15) is 0 Å². The van der Waals surface area contributed by atoms with E-state index in [1.165, 1.54) is 199 Å². The molecule has 232 valence electrons. The molecular weight excluding hydrogens is 472 g/mol. The summed E-state index contributed by atoms with van der Waals surface area (Å²) in [6.45, 7) is 9.48. The third kappa shape index (κ3) is 21.7. The highest BCUT2D eigenvalue weighted by Gasteiger charge is 2.24. The molecule has 0 amide bonds. The van der Waals surface area contributed by atoms with Crippen molar-refractivity contribution in [3.8, 4) is 0 Å². The van der Waals surface area contributed by atoms with Crippen molar-refractivity contribution < 1.29 is 0 Å². The molecule has 0 aromatic heterocycles. The molecule has 0 radical (unpaired) electrons. The van der Waals surface area contributed by atoms with Crippen LogP contribution >= 0.6 is 0 Å². The van der Waals surface area contributed by atoms with Crippen LogP contribution in [0.2, 0.25) is 0 Å². The molecule has 0 fully saturated rings. The number of hydrogen-bond acceptors (Lipinski definition) is 2. The highest BCUT2D eigenvalue weighted by atomic mass is 15.4. The zero-order chi connectivity index (χ0) is 28.1. The lowest BCUT2D eigenvalue weighted by atomic mass is 10.0. The van der Waals surface area contributed by atoms with Gasteiger partial charge in [0.25, 0.3) is 0 Å². The minimum atomic E-state index is 0.641. The van der Waals surface area contributed by atoms with Crippen molar-refractivity contribution in [3.05, 3.63) is 12.4 Å². The molecular formula is C37H74N2. The number of hydrogen-bond donors (Lipinski definition) is 0. The molecule has 0 aliphatic carbocycles. The van der Waals surface area contributed by atoms with E-state index in [1.807, 2.05) is 0 Å². The van der Waals surface area contributed by atoms with Gasteiger partial charge in [0.15, 0.2) is 0 Å². The first-order valence-electron chi connectivity index (χ1n) is 18.5. The van der Waals surface area contributed by atoms with E-state index in [2.05, 4.69) is 43.0 Å². The van der Waals surface area contributed by atoms with Gasteiger partial charge in [-0.15, -0.1) is 0 Å². The summed E-state index contributed by atoms with van der Waals surface area (Å²) in [6, 6.07) is 0. The molecule has 0 aromatic rings. The van der Waals surface area contributed by atoms with Crippen molar-refractivity contribution in [1.82, 2.24) is 9.80 Å². The maximum atomic E-state index is 2.71. The largest absolute Gasteiger partial charge is 0.356 e. The Balaban J connectivity index is 2.22. The molecule has 2 nitrogen and oxygen atoms in total. The Kier molecular flexibility index (Phi) is 26.9. The van der Waals surface area contributed by atoms with E-state index in [0.29, 0.717) is 6.17 Å². The van der Waals surface area contributed by atoms with Crippen LogP contribution in [0.5, 0.6) is 0 Å². The SMILES string of the molecule is CCCCCCCCCCCCCCN1C=CN(CCCCCCCCCC)C1CCCCCCCCCC. The number of rotatable bonds is 31. The summed E-state index contributed by atoms with van der Waals surface area (Å²) in [4.78, 5) is 5.42. The molecule has 0 saturated carbocycles. The van der Waals surface area contributed by atoms with Crippen molar-refractivity contribution in [3.63, 3.8) is 0 Å². The standard InChI is InChI=1S/C37H74N2/c1-4-7-10-13-16-19-20-21-22-25-28-31-34-39-36-35-38(33-30-27-24-18-15-12-9-6-3)37(39)32-29-26-23-17-14-11-8-5-2/h35-37H,4-34H2,1-3H3. The van der Waals surface area contributed by atoms with Gasteiger partial charge in [-0.3, -0.25) is 0 Å². The van der Waals surface area contributed by atoms with Gasteiger partial charge in [-0.1, -0.05) is 181 Å². The molecule has 1 aliphatic heterocycles. The van der Waals surface area contributed by atoms with Crippen molar-refractivity contribution in [2.75, 3.05) is 13.1 Å². The van der Waals surface area contributed by atoms with Crippen LogP contribution in [-0.2, 0) is 0 Å². The normalized spacial score (nSPS) is 15.2. The fourth-order valence-electron chi connectivity index (χ4n) is 6.36. The summed E-state index contributed by atoms with van der Waals surface area (Å²) in [6.07, 6.45) is 46.9. The predicted octanol–water partition coefficient (Wildman–Crippen LogP) is 12.8. The summed E-state index contributed by atoms with van der Waals surface area (Å²) in [7, 11) is 0. The zero-order valence-electron chi connectivity index (χ0n) is 27.5. The Morgan fingerprint density at radius 1 is 0.333 bits per heavy atom. The molecule has 0 bridgehead atoms. The summed E-state index contributed by atoms with van der Waals surface area (Å²) in [5, 5.41) is 0. The monoisotopic (exact) mass is 547 g/mol. The first kappa shape index (κ1) is 36.4. The lowest BCUT2D eigenvalue weighted by Crippen LogP contribution is -2.39. The minimum absolute atomic E-state index is 0.641. The lowest BCUT2D eigenvalue weighted by Gasteiger charge is -2.33. The molecule has 1 heterocycles.